The quantitative estimate of drug-likeness (QED) is 0.682. The smallest absolute Gasteiger partial charge is 0.429 e. The molecule has 0 bridgehead atoms. The Balaban J connectivity index is 2.88. The minimum atomic E-state index is -4.70. The van der Waals surface area contributed by atoms with Crippen LogP contribution in [0.15, 0.2) is 5.16 Å². The van der Waals surface area contributed by atoms with Crippen molar-refractivity contribution in [3.63, 3.8) is 0 Å². The minimum absolute atomic E-state index is 0.171. The summed E-state index contributed by atoms with van der Waals surface area (Å²) in [6.45, 7) is 1.19. The second kappa shape index (κ2) is 2.90. The molecule has 0 aromatic carbocycles. The number of carboxylic acid groups (broad SMARTS) is 1. The zero-order valence-corrected chi connectivity index (χ0v) is 6.50. The monoisotopic (exact) mass is 197 g/mol. The average molecular weight is 197 g/mol. The number of carbonyl (C=O) groups is 1. The number of carboxylic acids is 1. The van der Waals surface area contributed by atoms with Crippen molar-refractivity contribution in [2.24, 2.45) is 11.1 Å². The molecular weight excluding hydrogens is 191 g/mol. The van der Waals surface area contributed by atoms with E-state index in [0.717, 1.165) is 0 Å². The lowest BCUT2D eigenvalue weighted by molar-refractivity contribution is -0.224. The predicted octanol–water partition coefficient (Wildman–Crippen LogP) is 1.02. The SMILES string of the molecule is CC1=NOC(C(F)(F)F)C1C(=O)O. The number of alkyl halides is 3. The molecule has 4 nitrogen and oxygen atoms in total. The Kier molecular flexibility index (Phi) is 2.19. The first-order valence-corrected chi connectivity index (χ1v) is 3.34. The number of hydrogen-bond acceptors (Lipinski definition) is 3. The molecular formula is C6H6F3NO3. The summed E-state index contributed by atoms with van der Waals surface area (Å²) >= 11 is 0. The first kappa shape index (κ1) is 9.82. The van der Waals surface area contributed by atoms with E-state index < -0.39 is 24.2 Å². The van der Waals surface area contributed by atoms with Crippen molar-refractivity contribution < 1.29 is 27.9 Å². The van der Waals surface area contributed by atoms with Gasteiger partial charge in [0.15, 0.2) is 0 Å². The Hall–Kier alpha value is -1.27. The molecule has 1 rings (SSSR count). The van der Waals surface area contributed by atoms with Crippen LogP contribution in [0.4, 0.5) is 13.2 Å². The van der Waals surface area contributed by atoms with Crippen LogP contribution in [0.2, 0.25) is 0 Å². The van der Waals surface area contributed by atoms with Crippen LogP contribution in [0.1, 0.15) is 6.92 Å². The maximum Gasteiger partial charge on any atom is 0.429 e. The minimum Gasteiger partial charge on any atom is -0.481 e. The third-order valence-corrected chi connectivity index (χ3v) is 1.65. The highest BCUT2D eigenvalue weighted by Crippen LogP contribution is 2.33. The van der Waals surface area contributed by atoms with Crippen LogP contribution in [0.25, 0.3) is 0 Å². The summed E-state index contributed by atoms with van der Waals surface area (Å²) in [5.74, 6) is -3.30. The lowest BCUT2D eigenvalue weighted by Crippen LogP contribution is -2.40. The molecule has 7 heteroatoms. The van der Waals surface area contributed by atoms with Gasteiger partial charge in [0.05, 0.1) is 5.71 Å². The first-order chi connectivity index (χ1) is 5.84. The molecule has 2 unspecified atom stereocenters. The van der Waals surface area contributed by atoms with Gasteiger partial charge in [-0.05, 0) is 6.92 Å². The Bertz CT molecular complexity index is 260. The van der Waals surface area contributed by atoms with Crippen molar-refractivity contribution in [1.82, 2.24) is 0 Å². The number of aliphatic carboxylic acids is 1. The van der Waals surface area contributed by atoms with Gasteiger partial charge in [-0.1, -0.05) is 5.16 Å². The Labute approximate surface area is 71.0 Å². The molecule has 1 heterocycles. The van der Waals surface area contributed by atoms with Crippen molar-refractivity contribution in [2.45, 2.75) is 19.2 Å². The van der Waals surface area contributed by atoms with Crippen LogP contribution in [0.3, 0.4) is 0 Å². The van der Waals surface area contributed by atoms with Gasteiger partial charge in [-0.2, -0.15) is 13.2 Å². The molecule has 0 radical (unpaired) electrons. The van der Waals surface area contributed by atoms with Gasteiger partial charge in [0.2, 0.25) is 6.10 Å². The molecule has 0 aromatic heterocycles. The fourth-order valence-electron chi connectivity index (χ4n) is 1.03. The third kappa shape index (κ3) is 1.73. The van der Waals surface area contributed by atoms with E-state index in [9.17, 15) is 18.0 Å². The molecule has 0 fully saturated rings. The largest absolute Gasteiger partial charge is 0.481 e. The summed E-state index contributed by atoms with van der Waals surface area (Å²) in [6, 6.07) is 0. The second-order valence-corrected chi connectivity index (χ2v) is 2.62. The van der Waals surface area contributed by atoms with Crippen LogP contribution in [0, 0.1) is 5.92 Å². The molecule has 2 atom stereocenters. The number of hydrogen-bond donors (Lipinski definition) is 1. The van der Waals surface area contributed by atoms with Crippen molar-refractivity contribution in [3.05, 3.63) is 0 Å². The van der Waals surface area contributed by atoms with Gasteiger partial charge >= 0.3 is 12.1 Å². The molecule has 0 aliphatic carbocycles. The molecule has 1 N–H and O–H groups in total. The fourth-order valence-corrected chi connectivity index (χ4v) is 1.03. The lowest BCUT2D eigenvalue weighted by atomic mass is 9.98. The number of halogens is 3. The fraction of sp³-hybridized carbons (Fsp3) is 0.667. The van der Waals surface area contributed by atoms with Gasteiger partial charge in [-0.15, -0.1) is 0 Å². The van der Waals surface area contributed by atoms with Crippen molar-refractivity contribution in [1.29, 1.82) is 0 Å². The zero-order valence-electron chi connectivity index (χ0n) is 6.50. The standard InChI is InChI=1S/C6H6F3NO3/c1-2-3(5(11)12)4(13-10-2)6(7,8)9/h3-4H,1H3,(H,11,12). The molecule has 0 saturated heterocycles. The maximum absolute atomic E-state index is 12.1. The first-order valence-electron chi connectivity index (χ1n) is 3.34. The van der Waals surface area contributed by atoms with Gasteiger partial charge in [0.1, 0.15) is 5.92 Å². The molecule has 0 amide bonds. The molecule has 1 aliphatic rings. The van der Waals surface area contributed by atoms with Crippen molar-refractivity contribution >= 4 is 11.7 Å². The molecule has 74 valence electrons. The van der Waals surface area contributed by atoms with Crippen LogP contribution in [0.5, 0.6) is 0 Å². The van der Waals surface area contributed by atoms with E-state index in [2.05, 4.69) is 9.99 Å². The van der Waals surface area contributed by atoms with E-state index in [1.54, 1.807) is 0 Å². The Morgan fingerprint density at radius 3 is 2.46 bits per heavy atom. The van der Waals surface area contributed by atoms with Gasteiger partial charge in [0.25, 0.3) is 0 Å². The van der Waals surface area contributed by atoms with Gasteiger partial charge in [0, 0.05) is 0 Å². The van der Waals surface area contributed by atoms with Crippen LogP contribution in [-0.2, 0) is 9.63 Å². The van der Waals surface area contributed by atoms with Crippen LogP contribution >= 0.6 is 0 Å². The highest BCUT2D eigenvalue weighted by Gasteiger charge is 2.54. The van der Waals surface area contributed by atoms with Gasteiger partial charge in [-0.3, -0.25) is 4.79 Å². The van der Waals surface area contributed by atoms with E-state index in [4.69, 9.17) is 5.11 Å². The lowest BCUT2D eigenvalue weighted by Gasteiger charge is -2.16. The van der Waals surface area contributed by atoms with Crippen molar-refractivity contribution in [3.8, 4) is 0 Å². The van der Waals surface area contributed by atoms with Crippen molar-refractivity contribution in [2.75, 3.05) is 0 Å². The average Bonchev–Trinajstić information content (AvgIpc) is 2.28. The highest BCUT2D eigenvalue weighted by molar-refractivity contribution is 6.01. The van der Waals surface area contributed by atoms with E-state index in [1.807, 2.05) is 0 Å². The summed E-state index contributed by atoms with van der Waals surface area (Å²) < 4.78 is 36.2. The van der Waals surface area contributed by atoms with Crippen LogP contribution in [-0.4, -0.2) is 29.1 Å². The van der Waals surface area contributed by atoms with Gasteiger partial charge < -0.3 is 9.94 Å². The molecule has 13 heavy (non-hydrogen) atoms. The van der Waals surface area contributed by atoms with E-state index in [-0.39, 0.29) is 5.71 Å². The summed E-state index contributed by atoms with van der Waals surface area (Å²) in [4.78, 5) is 14.4. The number of nitrogens with zero attached hydrogens (tertiary/aromatic N) is 1. The molecule has 0 saturated carbocycles. The normalized spacial score (nSPS) is 28.2. The second-order valence-electron chi connectivity index (χ2n) is 2.62. The van der Waals surface area contributed by atoms with Crippen LogP contribution < -0.4 is 0 Å². The maximum atomic E-state index is 12.1. The summed E-state index contributed by atoms with van der Waals surface area (Å²) in [7, 11) is 0. The van der Waals surface area contributed by atoms with E-state index in [0.29, 0.717) is 0 Å². The Morgan fingerprint density at radius 2 is 2.15 bits per heavy atom. The highest BCUT2D eigenvalue weighted by atomic mass is 19.4. The van der Waals surface area contributed by atoms with Gasteiger partial charge in [-0.25, -0.2) is 0 Å². The molecule has 1 aliphatic heterocycles. The number of rotatable bonds is 1. The zero-order chi connectivity index (χ0) is 10.2. The van der Waals surface area contributed by atoms with E-state index >= 15 is 0 Å². The molecule has 0 spiro atoms. The molecule has 0 aromatic rings. The predicted molar refractivity (Wildman–Crippen MR) is 35.2 cm³/mol. The summed E-state index contributed by atoms with van der Waals surface area (Å²) in [6.07, 6.45) is -7.06. The Morgan fingerprint density at radius 1 is 1.62 bits per heavy atom. The number of oxime groups is 1. The third-order valence-electron chi connectivity index (χ3n) is 1.65. The topological polar surface area (TPSA) is 58.9 Å². The van der Waals surface area contributed by atoms with E-state index in [1.165, 1.54) is 6.92 Å². The summed E-state index contributed by atoms with van der Waals surface area (Å²) in [5.41, 5.74) is -0.171. The summed E-state index contributed by atoms with van der Waals surface area (Å²) in [5, 5.41) is 11.5.